The van der Waals surface area contributed by atoms with E-state index >= 15 is 0 Å². The summed E-state index contributed by atoms with van der Waals surface area (Å²) in [5.41, 5.74) is 2.24. The number of amides is 1. The highest BCUT2D eigenvalue weighted by atomic mass is 16.3. The van der Waals surface area contributed by atoms with E-state index in [0.29, 0.717) is 6.42 Å². The fourth-order valence-electron chi connectivity index (χ4n) is 2.59. The maximum atomic E-state index is 12.3. The van der Waals surface area contributed by atoms with E-state index in [1.54, 1.807) is 0 Å². The largest absolute Gasteiger partial charge is 0.394 e. The number of rotatable bonds is 3. The Morgan fingerprint density at radius 1 is 1.39 bits per heavy atom. The molecule has 0 aliphatic carbocycles. The molecular formula is C15H21NO2. The van der Waals surface area contributed by atoms with Gasteiger partial charge < -0.3 is 10.0 Å². The molecule has 1 aromatic rings. The number of carbonyl (C=O) groups is 1. The number of aliphatic hydroxyl groups excluding tert-OH is 1. The van der Waals surface area contributed by atoms with Crippen LogP contribution >= 0.6 is 0 Å². The van der Waals surface area contributed by atoms with Crippen molar-refractivity contribution in [1.29, 1.82) is 0 Å². The van der Waals surface area contributed by atoms with E-state index in [0.717, 1.165) is 36.9 Å². The van der Waals surface area contributed by atoms with Crippen LogP contribution < -0.4 is 0 Å². The van der Waals surface area contributed by atoms with Crippen molar-refractivity contribution in [1.82, 2.24) is 4.90 Å². The number of piperidine rings is 1. The van der Waals surface area contributed by atoms with Gasteiger partial charge in [-0.1, -0.05) is 24.3 Å². The second kappa shape index (κ2) is 6.01. The Morgan fingerprint density at radius 2 is 2.17 bits per heavy atom. The SMILES string of the molecule is Cc1ccccc1CC(=O)N1CCCCC1CO. The molecule has 1 aliphatic heterocycles. The van der Waals surface area contributed by atoms with Gasteiger partial charge in [-0.05, 0) is 37.3 Å². The molecule has 98 valence electrons. The first-order chi connectivity index (χ1) is 8.72. The Kier molecular flexibility index (Phi) is 4.37. The van der Waals surface area contributed by atoms with Crippen LogP contribution in [-0.4, -0.2) is 35.1 Å². The van der Waals surface area contributed by atoms with Crippen LogP contribution in [0.25, 0.3) is 0 Å². The van der Waals surface area contributed by atoms with E-state index in [1.165, 1.54) is 0 Å². The lowest BCUT2D eigenvalue weighted by atomic mass is 10.00. The zero-order valence-electron chi connectivity index (χ0n) is 10.9. The quantitative estimate of drug-likeness (QED) is 0.886. The summed E-state index contributed by atoms with van der Waals surface area (Å²) in [6.07, 6.45) is 3.54. The normalized spacial score (nSPS) is 19.9. The van der Waals surface area contributed by atoms with Gasteiger partial charge in [0.25, 0.3) is 0 Å². The molecule has 1 amide bonds. The Morgan fingerprint density at radius 3 is 2.89 bits per heavy atom. The number of likely N-dealkylation sites (tertiary alicyclic amines) is 1. The summed E-state index contributed by atoms with van der Waals surface area (Å²) in [6.45, 7) is 2.90. The van der Waals surface area contributed by atoms with Crippen LogP contribution in [0.2, 0.25) is 0 Å². The molecule has 1 saturated heterocycles. The first-order valence-corrected chi connectivity index (χ1v) is 6.67. The van der Waals surface area contributed by atoms with Crippen LogP contribution in [0, 0.1) is 6.92 Å². The maximum absolute atomic E-state index is 12.3. The zero-order chi connectivity index (χ0) is 13.0. The topological polar surface area (TPSA) is 40.5 Å². The maximum Gasteiger partial charge on any atom is 0.227 e. The molecule has 0 aromatic heterocycles. The number of aliphatic hydroxyl groups is 1. The minimum Gasteiger partial charge on any atom is -0.394 e. The summed E-state index contributed by atoms with van der Waals surface area (Å²) in [5.74, 6) is 0.142. The predicted molar refractivity (Wildman–Crippen MR) is 71.3 cm³/mol. The van der Waals surface area contributed by atoms with E-state index < -0.39 is 0 Å². The number of nitrogens with zero attached hydrogens (tertiary/aromatic N) is 1. The number of aryl methyl sites for hydroxylation is 1. The van der Waals surface area contributed by atoms with Crippen molar-refractivity contribution in [2.24, 2.45) is 0 Å². The minimum absolute atomic E-state index is 0.0234. The number of benzene rings is 1. The lowest BCUT2D eigenvalue weighted by molar-refractivity contribution is -0.135. The average molecular weight is 247 g/mol. The first kappa shape index (κ1) is 13.1. The van der Waals surface area contributed by atoms with Gasteiger partial charge in [0.1, 0.15) is 0 Å². The highest BCUT2D eigenvalue weighted by molar-refractivity contribution is 5.79. The molecular weight excluding hydrogens is 226 g/mol. The molecule has 2 rings (SSSR count). The molecule has 1 heterocycles. The van der Waals surface area contributed by atoms with Crippen molar-refractivity contribution in [3.63, 3.8) is 0 Å². The van der Waals surface area contributed by atoms with Gasteiger partial charge in [0.2, 0.25) is 5.91 Å². The van der Waals surface area contributed by atoms with Crippen molar-refractivity contribution in [2.45, 2.75) is 38.6 Å². The third-order valence-electron chi connectivity index (χ3n) is 3.76. The first-order valence-electron chi connectivity index (χ1n) is 6.67. The molecule has 1 fully saturated rings. The molecule has 3 nitrogen and oxygen atoms in total. The van der Waals surface area contributed by atoms with Gasteiger partial charge in [-0.2, -0.15) is 0 Å². The van der Waals surface area contributed by atoms with Gasteiger partial charge in [-0.3, -0.25) is 4.79 Å². The molecule has 0 spiro atoms. The van der Waals surface area contributed by atoms with Crippen molar-refractivity contribution in [3.05, 3.63) is 35.4 Å². The van der Waals surface area contributed by atoms with E-state index in [1.807, 2.05) is 36.1 Å². The summed E-state index contributed by atoms with van der Waals surface area (Å²) in [7, 11) is 0. The highest BCUT2D eigenvalue weighted by Crippen LogP contribution is 2.18. The van der Waals surface area contributed by atoms with Crippen molar-refractivity contribution >= 4 is 5.91 Å². The third kappa shape index (κ3) is 2.91. The van der Waals surface area contributed by atoms with Crippen LogP contribution in [0.5, 0.6) is 0 Å². The highest BCUT2D eigenvalue weighted by Gasteiger charge is 2.25. The molecule has 3 heteroatoms. The molecule has 1 aromatic carbocycles. The summed E-state index contributed by atoms with van der Waals surface area (Å²) >= 11 is 0. The van der Waals surface area contributed by atoms with E-state index in [4.69, 9.17) is 0 Å². The van der Waals surface area contributed by atoms with Crippen molar-refractivity contribution in [2.75, 3.05) is 13.2 Å². The fourth-order valence-corrected chi connectivity index (χ4v) is 2.59. The summed E-state index contributed by atoms with van der Waals surface area (Å²) < 4.78 is 0. The molecule has 1 N–H and O–H groups in total. The van der Waals surface area contributed by atoms with Crippen LogP contribution in [0.1, 0.15) is 30.4 Å². The second-order valence-electron chi connectivity index (χ2n) is 5.02. The Bertz CT molecular complexity index is 417. The Balaban J connectivity index is 2.05. The molecule has 0 saturated carbocycles. The van der Waals surface area contributed by atoms with Crippen molar-refractivity contribution in [3.8, 4) is 0 Å². The van der Waals surface area contributed by atoms with E-state index in [2.05, 4.69) is 0 Å². The van der Waals surface area contributed by atoms with Crippen LogP contribution in [0.15, 0.2) is 24.3 Å². The molecule has 1 unspecified atom stereocenters. The van der Waals surface area contributed by atoms with Gasteiger partial charge in [-0.25, -0.2) is 0 Å². The van der Waals surface area contributed by atoms with Crippen LogP contribution in [0.3, 0.4) is 0 Å². The van der Waals surface area contributed by atoms with Crippen molar-refractivity contribution < 1.29 is 9.90 Å². The molecule has 1 aliphatic rings. The van der Waals surface area contributed by atoms with Crippen LogP contribution in [-0.2, 0) is 11.2 Å². The Labute approximate surface area is 108 Å². The molecule has 18 heavy (non-hydrogen) atoms. The fraction of sp³-hybridized carbons (Fsp3) is 0.533. The van der Waals surface area contributed by atoms with Crippen LogP contribution in [0.4, 0.5) is 0 Å². The average Bonchev–Trinajstić information content (AvgIpc) is 2.41. The smallest absolute Gasteiger partial charge is 0.227 e. The van der Waals surface area contributed by atoms with Gasteiger partial charge in [-0.15, -0.1) is 0 Å². The Hall–Kier alpha value is -1.35. The summed E-state index contributed by atoms with van der Waals surface area (Å²) in [6, 6.07) is 8.01. The number of carbonyl (C=O) groups excluding carboxylic acids is 1. The predicted octanol–water partition coefficient (Wildman–Crippen LogP) is 1.91. The van der Waals surface area contributed by atoms with Gasteiger partial charge >= 0.3 is 0 Å². The molecule has 1 atom stereocenters. The van der Waals surface area contributed by atoms with Gasteiger partial charge in [0.05, 0.1) is 19.1 Å². The van der Waals surface area contributed by atoms with E-state index in [-0.39, 0.29) is 18.6 Å². The standard InChI is InChI=1S/C15H21NO2/c1-12-6-2-3-7-13(12)10-15(18)16-9-5-4-8-14(16)11-17/h2-3,6-7,14,17H,4-5,8-11H2,1H3. The minimum atomic E-state index is 0.0234. The second-order valence-corrected chi connectivity index (χ2v) is 5.02. The molecule has 0 radical (unpaired) electrons. The lowest BCUT2D eigenvalue weighted by Gasteiger charge is -2.34. The lowest BCUT2D eigenvalue weighted by Crippen LogP contribution is -2.46. The monoisotopic (exact) mass is 247 g/mol. The zero-order valence-corrected chi connectivity index (χ0v) is 10.9. The van der Waals surface area contributed by atoms with Gasteiger partial charge in [0, 0.05) is 6.54 Å². The number of hydrogen-bond acceptors (Lipinski definition) is 2. The third-order valence-corrected chi connectivity index (χ3v) is 3.76. The summed E-state index contributed by atoms with van der Waals surface area (Å²) in [5, 5.41) is 9.34. The molecule has 0 bridgehead atoms. The summed E-state index contributed by atoms with van der Waals surface area (Å²) in [4.78, 5) is 14.2. The van der Waals surface area contributed by atoms with Gasteiger partial charge in [0.15, 0.2) is 0 Å². The number of hydrogen-bond donors (Lipinski definition) is 1. The van der Waals surface area contributed by atoms with E-state index in [9.17, 15) is 9.90 Å².